The Morgan fingerprint density at radius 3 is 2.39 bits per heavy atom. The molecule has 2 aromatic carbocycles. The molecule has 0 saturated carbocycles. The van der Waals surface area contributed by atoms with Crippen LogP contribution in [0.15, 0.2) is 46.9 Å². The van der Waals surface area contributed by atoms with Gasteiger partial charge in [-0.1, -0.05) is 59.6 Å². The lowest BCUT2D eigenvalue weighted by molar-refractivity contribution is 0.630. The van der Waals surface area contributed by atoms with E-state index in [9.17, 15) is 4.39 Å². The molecular formula is C16H16BrF. The molecule has 0 aromatic heterocycles. The Morgan fingerprint density at radius 1 is 1.06 bits per heavy atom. The van der Waals surface area contributed by atoms with Gasteiger partial charge in [0.15, 0.2) is 0 Å². The molecule has 94 valence electrons. The van der Waals surface area contributed by atoms with Crippen molar-refractivity contribution in [3.63, 3.8) is 0 Å². The van der Waals surface area contributed by atoms with Gasteiger partial charge in [0, 0.05) is 10.0 Å². The van der Waals surface area contributed by atoms with Gasteiger partial charge in [0.2, 0.25) is 0 Å². The topological polar surface area (TPSA) is 0 Å². The minimum Gasteiger partial charge on any atom is -0.206 e. The fourth-order valence-electron chi connectivity index (χ4n) is 1.96. The third-order valence-electron chi connectivity index (χ3n) is 3.02. The maximum absolute atomic E-state index is 13.8. The molecule has 2 rings (SSSR count). The lowest BCUT2D eigenvalue weighted by Crippen LogP contribution is -1.87. The van der Waals surface area contributed by atoms with E-state index in [0.717, 1.165) is 16.5 Å². The maximum Gasteiger partial charge on any atom is 0.132 e. The van der Waals surface area contributed by atoms with Crippen LogP contribution in [0.3, 0.4) is 0 Å². The summed E-state index contributed by atoms with van der Waals surface area (Å²) >= 11 is 3.27. The highest BCUT2D eigenvalue weighted by Crippen LogP contribution is 2.26. The van der Waals surface area contributed by atoms with Crippen LogP contribution in [0.25, 0.3) is 11.1 Å². The van der Waals surface area contributed by atoms with Gasteiger partial charge in [-0.25, -0.2) is 4.39 Å². The van der Waals surface area contributed by atoms with Gasteiger partial charge in [-0.3, -0.25) is 0 Å². The summed E-state index contributed by atoms with van der Waals surface area (Å²) in [6, 6.07) is 13.3. The van der Waals surface area contributed by atoms with Gasteiger partial charge in [-0.05, 0) is 36.1 Å². The summed E-state index contributed by atoms with van der Waals surface area (Å²) in [6.45, 7) is 2.19. The molecule has 0 aliphatic heterocycles. The van der Waals surface area contributed by atoms with Crippen LogP contribution in [0.2, 0.25) is 0 Å². The summed E-state index contributed by atoms with van der Waals surface area (Å²) in [6.07, 6.45) is 3.49. The second-order valence-corrected chi connectivity index (χ2v) is 5.34. The monoisotopic (exact) mass is 306 g/mol. The van der Waals surface area contributed by atoms with Crippen LogP contribution in [0, 0.1) is 5.82 Å². The number of hydrogen-bond acceptors (Lipinski definition) is 0. The second kappa shape index (κ2) is 6.14. The van der Waals surface area contributed by atoms with Crippen LogP contribution < -0.4 is 0 Å². The highest BCUT2D eigenvalue weighted by atomic mass is 79.9. The van der Waals surface area contributed by atoms with E-state index in [1.54, 1.807) is 6.07 Å². The van der Waals surface area contributed by atoms with E-state index in [1.807, 2.05) is 18.2 Å². The van der Waals surface area contributed by atoms with Gasteiger partial charge in [-0.2, -0.15) is 0 Å². The first-order chi connectivity index (χ1) is 8.70. The molecule has 0 nitrogen and oxygen atoms in total. The number of benzene rings is 2. The minimum absolute atomic E-state index is 0.189. The molecule has 0 atom stereocenters. The Labute approximate surface area is 116 Å². The van der Waals surface area contributed by atoms with Gasteiger partial charge >= 0.3 is 0 Å². The standard InChI is InChI=1S/C16H16BrF/c1-2-3-4-12-5-7-13(8-6-12)15-10-9-14(17)11-16(15)18/h5-11H,2-4H2,1H3. The zero-order valence-electron chi connectivity index (χ0n) is 10.4. The smallest absolute Gasteiger partial charge is 0.132 e. The van der Waals surface area contributed by atoms with Crippen LogP contribution in [-0.4, -0.2) is 0 Å². The average molecular weight is 307 g/mol. The van der Waals surface area contributed by atoms with Crippen molar-refractivity contribution in [1.29, 1.82) is 0 Å². The molecule has 0 heterocycles. The first-order valence-corrected chi connectivity index (χ1v) is 7.04. The largest absolute Gasteiger partial charge is 0.206 e. The molecule has 0 amide bonds. The third kappa shape index (κ3) is 3.20. The molecule has 18 heavy (non-hydrogen) atoms. The van der Waals surface area contributed by atoms with E-state index in [1.165, 1.54) is 24.5 Å². The lowest BCUT2D eigenvalue weighted by atomic mass is 10.0. The minimum atomic E-state index is -0.189. The first-order valence-electron chi connectivity index (χ1n) is 6.25. The third-order valence-corrected chi connectivity index (χ3v) is 3.51. The van der Waals surface area contributed by atoms with Crippen molar-refractivity contribution in [3.8, 4) is 11.1 Å². The van der Waals surface area contributed by atoms with Crippen molar-refractivity contribution < 1.29 is 4.39 Å². The van der Waals surface area contributed by atoms with E-state index in [0.29, 0.717) is 5.56 Å². The number of rotatable bonds is 4. The molecular weight excluding hydrogens is 291 g/mol. The van der Waals surface area contributed by atoms with Crippen molar-refractivity contribution in [2.75, 3.05) is 0 Å². The van der Waals surface area contributed by atoms with Crippen molar-refractivity contribution in [3.05, 3.63) is 58.3 Å². The van der Waals surface area contributed by atoms with Crippen molar-refractivity contribution >= 4 is 15.9 Å². The number of aryl methyl sites for hydroxylation is 1. The van der Waals surface area contributed by atoms with Gasteiger partial charge in [0.05, 0.1) is 0 Å². The van der Waals surface area contributed by atoms with Crippen molar-refractivity contribution in [1.82, 2.24) is 0 Å². The normalized spacial score (nSPS) is 10.6. The molecule has 2 heteroatoms. The fourth-order valence-corrected chi connectivity index (χ4v) is 2.29. The SMILES string of the molecule is CCCCc1ccc(-c2ccc(Br)cc2F)cc1. The predicted molar refractivity (Wildman–Crippen MR) is 78.1 cm³/mol. The summed E-state index contributed by atoms with van der Waals surface area (Å²) in [5, 5.41) is 0. The zero-order chi connectivity index (χ0) is 13.0. The van der Waals surface area contributed by atoms with E-state index in [2.05, 4.69) is 35.0 Å². The van der Waals surface area contributed by atoms with Gasteiger partial charge in [0.25, 0.3) is 0 Å². The van der Waals surface area contributed by atoms with E-state index >= 15 is 0 Å². The number of hydrogen-bond donors (Lipinski definition) is 0. The Kier molecular flexibility index (Phi) is 4.54. The van der Waals surface area contributed by atoms with Crippen LogP contribution in [-0.2, 0) is 6.42 Å². The van der Waals surface area contributed by atoms with Crippen LogP contribution in [0.5, 0.6) is 0 Å². The summed E-state index contributed by atoms with van der Waals surface area (Å²) < 4.78 is 14.6. The molecule has 0 spiro atoms. The average Bonchev–Trinajstić information content (AvgIpc) is 2.37. The summed E-state index contributed by atoms with van der Waals surface area (Å²) in [7, 11) is 0. The van der Waals surface area contributed by atoms with Crippen molar-refractivity contribution in [2.24, 2.45) is 0 Å². The maximum atomic E-state index is 13.8. The van der Waals surface area contributed by atoms with Gasteiger partial charge < -0.3 is 0 Å². The van der Waals surface area contributed by atoms with E-state index in [-0.39, 0.29) is 5.82 Å². The predicted octanol–water partition coefficient (Wildman–Crippen LogP) is 5.60. The molecule has 2 aromatic rings. The van der Waals surface area contributed by atoms with Crippen molar-refractivity contribution in [2.45, 2.75) is 26.2 Å². The van der Waals surface area contributed by atoms with Gasteiger partial charge in [-0.15, -0.1) is 0 Å². The van der Waals surface area contributed by atoms with Gasteiger partial charge in [0.1, 0.15) is 5.82 Å². The quantitative estimate of drug-likeness (QED) is 0.690. The summed E-state index contributed by atoms with van der Waals surface area (Å²) in [5.41, 5.74) is 2.90. The number of unbranched alkanes of at least 4 members (excludes halogenated alkanes) is 1. The summed E-state index contributed by atoms with van der Waals surface area (Å²) in [5.74, 6) is -0.189. The first kappa shape index (κ1) is 13.3. The molecule has 0 aliphatic rings. The Balaban J connectivity index is 2.23. The molecule has 0 radical (unpaired) electrons. The molecule has 0 N–H and O–H groups in total. The zero-order valence-corrected chi connectivity index (χ0v) is 12.0. The highest BCUT2D eigenvalue weighted by molar-refractivity contribution is 9.10. The molecule has 0 saturated heterocycles. The fraction of sp³-hybridized carbons (Fsp3) is 0.250. The van der Waals surface area contributed by atoms with E-state index in [4.69, 9.17) is 0 Å². The second-order valence-electron chi connectivity index (χ2n) is 4.42. The molecule has 0 fully saturated rings. The summed E-state index contributed by atoms with van der Waals surface area (Å²) in [4.78, 5) is 0. The molecule has 0 unspecified atom stereocenters. The Bertz CT molecular complexity index is 517. The molecule has 0 bridgehead atoms. The van der Waals surface area contributed by atoms with Crippen LogP contribution in [0.4, 0.5) is 4.39 Å². The van der Waals surface area contributed by atoms with Crippen LogP contribution in [0.1, 0.15) is 25.3 Å². The lowest BCUT2D eigenvalue weighted by Gasteiger charge is -2.06. The Hall–Kier alpha value is -1.15. The number of halogens is 2. The Morgan fingerprint density at radius 2 is 1.78 bits per heavy atom. The van der Waals surface area contributed by atoms with Crippen LogP contribution >= 0.6 is 15.9 Å². The highest BCUT2D eigenvalue weighted by Gasteiger charge is 2.05. The van der Waals surface area contributed by atoms with E-state index < -0.39 is 0 Å². The molecule has 0 aliphatic carbocycles.